The summed E-state index contributed by atoms with van der Waals surface area (Å²) in [5.74, 6) is -1.04. The van der Waals surface area contributed by atoms with E-state index < -0.39 is 5.82 Å². The average molecular weight is 344 g/mol. The Hall–Kier alpha value is -2.70. The Kier molecular flexibility index (Phi) is 4.83. The van der Waals surface area contributed by atoms with Gasteiger partial charge in [-0.25, -0.2) is 4.39 Å². The number of halogens is 1. The van der Waals surface area contributed by atoms with Crippen molar-refractivity contribution in [3.8, 4) is 0 Å². The molecule has 3 rings (SSSR count). The molecule has 1 aromatic heterocycles. The van der Waals surface area contributed by atoms with E-state index in [4.69, 9.17) is 0 Å². The molecule has 2 aromatic rings. The van der Waals surface area contributed by atoms with Gasteiger partial charge in [0.05, 0.1) is 23.6 Å². The fraction of sp³-hybridized carbons (Fsp3) is 0.389. The number of nitrogens with one attached hydrogen (secondary N) is 1. The van der Waals surface area contributed by atoms with E-state index in [-0.39, 0.29) is 30.5 Å². The van der Waals surface area contributed by atoms with Crippen LogP contribution in [-0.2, 0) is 29.1 Å². The SMILES string of the molecule is CCn1nc(C)cc1CNC(=O)CN1C(=O)CCc2cccc(F)c21. The standard InChI is InChI=1S/C18H21FN4O2/c1-3-23-14(9-12(2)21-23)10-20-16(24)11-22-17(25)8-7-13-5-4-6-15(19)18(13)22/h4-6,9H,3,7-8,10-11H2,1-2H3,(H,20,24). The van der Waals surface area contributed by atoms with Crippen LogP contribution in [0.3, 0.4) is 0 Å². The predicted molar refractivity (Wildman–Crippen MR) is 91.6 cm³/mol. The number of amides is 2. The summed E-state index contributed by atoms with van der Waals surface area (Å²) >= 11 is 0. The van der Waals surface area contributed by atoms with Crippen molar-refractivity contribution >= 4 is 17.5 Å². The number of fused-ring (bicyclic) bond motifs is 1. The molecule has 1 aromatic carbocycles. The minimum absolute atomic E-state index is 0.188. The lowest BCUT2D eigenvalue weighted by Gasteiger charge is -2.29. The number of aromatic nitrogens is 2. The molecule has 0 radical (unpaired) electrons. The van der Waals surface area contributed by atoms with Gasteiger partial charge in [-0.1, -0.05) is 12.1 Å². The first-order valence-electron chi connectivity index (χ1n) is 8.37. The molecule has 6 nitrogen and oxygen atoms in total. The van der Waals surface area contributed by atoms with Crippen molar-refractivity contribution in [2.45, 2.75) is 39.8 Å². The number of para-hydroxylation sites is 1. The first kappa shape index (κ1) is 17.1. The number of anilines is 1. The second-order valence-corrected chi connectivity index (χ2v) is 6.10. The van der Waals surface area contributed by atoms with Crippen LogP contribution in [0.1, 0.15) is 30.3 Å². The number of carbonyl (C=O) groups is 2. The number of carbonyl (C=O) groups excluding carboxylic acids is 2. The normalized spacial score (nSPS) is 13.7. The average Bonchev–Trinajstić information content (AvgIpc) is 2.95. The highest BCUT2D eigenvalue weighted by molar-refractivity contribution is 6.01. The highest BCUT2D eigenvalue weighted by atomic mass is 19.1. The van der Waals surface area contributed by atoms with Crippen molar-refractivity contribution in [2.24, 2.45) is 0 Å². The fourth-order valence-electron chi connectivity index (χ4n) is 3.14. The molecule has 7 heteroatoms. The maximum Gasteiger partial charge on any atom is 0.240 e. The van der Waals surface area contributed by atoms with Gasteiger partial charge in [-0.15, -0.1) is 0 Å². The van der Waals surface area contributed by atoms with Crippen molar-refractivity contribution in [1.82, 2.24) is 15.1 Å². The molecule has 0 spiro atoms. The monoisotopic (exact) mass is 344 g/mol. The van der Waals surface area contributed by atoms with E-state index in [0.717, 1.165) is 17.0 Å². The molecule has 0 bridgehead atoms. The van der Waals surface area contributed by atoms with Crippen LogP contribution in [0, 0.1) is 12.7 Å². The minimum atomic E-state index is -0.474. The fourth-order valence-corrected chi connectivity index (χ4v) is 3.14. The minimum Gasteiger partial charge on any atom is -0.349 e. The van der Waals surface area contributed by atoms with E-state index in [1.165, 1.54) is 11.0 Å². The zero-order chi connectivity index (χ0) is 18.0. The summed E-state index contributed by atoms with van der Waals surface area (Å²) in [6.45, 7) is 4.71. The predicted octanol–water partition coefficient (Wildman–Crippen LogP) is 1.95. The molecule has 132 valence electrons. The van der Waals surface area contributed by atoms with Gasteiger partial charge in [0.25, 0.3) is 0 Å². The molecule has 0 unspecified atom stereocenters. The van der Waals surface area contributed by atoms with Crippen LogP contribution in [0.5, 0.6) is 0 Å². The van der Waals surface area contributed by atoms with Gasteiger partial charge in [0.2, 0.25) is 11.8 Å². The number of rotatable bonds is 5. The van der Waals surface area contributed by atoms with Crippen LogP contribution in [0.25, 0.3) is 0 Å². The Morgan fingerprint density at radius 2 is 2.16 bits per heavy atom. The summed E-state index contributed by atoms with van der Waals surface area (Å²) in [5, 5.41) is 7.12. The van der Waals surface area contributed by atoms with Crippen molar-refractivity contribution in [3.63, 3.8) is 0 Å². The Balaban J connectivity index is 1.70. The number of aryl methyl sites for hydroxylation is 3. The van der Waals surface area contributed by atoms with Crippen molar-refractivity contribution in [2.75, 3.05) is 11.4 Å². The van der Waals surface area contributed by atoms with E-state index in [9.17, 15) is 14.0 Å². The summed E-state index contributed by atoms with van der Waals surface area (Å²) in [6.07, 6.45) is 0.782. The Bertz CT molecular complexity index is 815. The van der Waals surface area contributed by atoms with E-state index in [1.807, 2.05) is 24.6 Å². The van der Waals surface area contributed by atoms with Crippen LogP contribution in [0.2, 0.25) is 0 Å². The third-order valence-corrected chi connectivity index (χ3v) is 4.30. The molecule has 1 N–H and O–H groups in total. The maximum atomic E-state index is 14.2. The molecule has 2 amide bonds. The highest BCUT2D eigenvalue weighted by Crippen LogP contribution is 2.30. The van der Waals surface area contributed by atoms with Gasteiger partial charge >= 0.3 is 0 Å². The molecule has 0 saturated carbocycles. The van der Waals surface area contributed by atoms with Crippen LogP contribution in [0.4, 0.5) is 10.1 Å². The summed E-state index contributed by atoms with van der Waals surface area (Å²) in [6, 6.07) is 6.63. The molecule has 0 saturated heterocycles. The summed E-state index contributed by atoms with van der Waals surface area (Å²) < 4.78 is 16.0. The van der Waals surface area contributed by atoms with Gasteiger partial charge in [0, 0.05) is 13.0 Å². The van der Waals surface area contributed by atoms with Crippen molar-refractivity contribution in [3.05, 3.63) is 47.0 Å². The number of benzene rings is 1. The van der Waals surface area contributed by atoms with Crippen LogP contribution in [0.15, 0.2) is 24.3 Å². The molecule has 1 aliphatic heterocycles. The lowest BCUT2D eigenvalue weighted by atomic mass is 10.0. The zero-order valence-electron chi connectivity index (χ0n) is 14.4. The summed E-state index contributed by atoms with van der Waals surface area (Å²) in [7, 11) is 0. The Morgan fingerprint density at radius 3 is 2.92 bits per heavy atom. The molecule has 0 aliphatic carbocycles. The molecule has 1 aliphatic rings. The van der Waals surface area contributed by atoms with E-state index in [1.54, 1.807) is 12.1 Å². The second-order valence-electron chi connectivity index (χ2n) is 6.10. The Labute approximate surface area is 145 Å². The number of hydrogen-bond acceptors (Lipinski definition) is 3. The summed E-state index contributed by atoms with van der Waals surface area (Å²) in [5.41, 5.74) is 2.76. The molecule has 0 atom stereocenters. The van der Waals surface area contributed by atoms with Gasteiger partial charge in [0.1, 0.15) is 12.4 Å². The van der Waals surface area contributed by atoms with E-state index in [2.05, 4.69) is 10.4 Å². The highest BCUT2D eigenvalue weighted by Gasteiger charge is 2.28. The van der Waals surface area contributed by atoms with Gasteiger partial charge in [-0.2, -0.15) is 5.10 Å². The molecule has 0 fully saturated rings. The molecular weight excluding hydrogens is 323 g/mol. The van der Waals surface area contributed by atoms with E-state index >= 15 is 0 Å². The van der Waals surface area contributed by atoms with Crippen LogP contribution >= 0.6 is 0 Å². The van der Waals surface area contributed by atoms with Gasteiger partial charge in [-0.3, -0.25) is 19.2 Å². The van der Waals surface area contributed by atoms with Crippen molar-refractivity contribution in [1.29, 1.82) is 0 Å². The number of hydrogen-bond donors (Lipinski definition) is 1. The second kappa shape index (κ2) is 7.04. The quantitative estimate of drug-likeness (QED) is 0.901. The number of nitrogens with zero attached hydrogens (tertiary/aromatic N) is 3. The van der Waals surface area contributed by atoms with E-state index in [0.29, 0.717) is 19.5 Å². The first-order valence-corrected chi connectivity index (χ1v) is 8.37. The first-order chi connectivity index (χ1) is 12.0. The largest absolute Gasteiger partial charge is 0.349 e. The van der Waals surface area contributed by atoms with Gasteiger partial charge < -0.3 is 5.32 Å². The topological polar surface area (TPSA) is 67.2 Å². The van der Waals surface area contributed by atoms with Crippen molar-refractivity contribution < 1.29 is 14.0 Å². The third kappa shape index (κ3) is 3.55. The van der Waals surface area contributed by atoms with Gasteiger partial charge in [-0.05, 0) is 38.0 Å². The molecule has 2 heterocycles. The third-order valence-electron chi connectivity index (χ3n) is 4.30. The smallest absolute Gasteiger partial charge is 0.240 e. The zero-order valence-corrected chi connectivity index (χ0v) is 14.4. The lowest BCUT2D eigenvalue weighted by Crippen LogP contribution is -2.43. The van der Waals surface area contributed by atoms with Crippen LogP contribution < -0.4 is 10.2 Å². The maximum absolute atomic E-state index is 14.2. The molecular formula is C18H21FN4O2. The Morgan fingerprint density at radius 1 is 1.36 bits per heavy atom. The molecule has 25 heavy (non-hydrogen) atoms. The summed E-state index contributed by atoms with van der Waals surface area (Å²) in [4.78, 5) is 25.7. The van der Waals surface area contributed by atoms with Gasteiger partial charge in [0.15, 0.2) is 0 Å². The van der Waals surface area contributed by atoms with Crippen LogP contribution in [-0.4, -0.2) is 28.1 Å². The lowest BCUT2D eigenvalue weighted by molar-refractivity contribution is -0.124.